The zero-order valence-corrected chi connectivity index (χ0v) is 10.3. The van der Waals surface area contributed by atoms with Crippen LogP contribution < -0.4 is 5.73 Å². The van der Waals surface area contributed by atoms with Gasteiger partial charge in [-0.2, -0.15) is 0 Å². The van der Waals surface area contributed by atoms with E-state index in [1.165, 1.54) is 5.56 Å². The lowest BCUT2D eigenvalue weighted by molar-refractivity contribution is 0.233. The van der Waals surface area contributed by atoms with E-state index >= 15 is 0 Å². The molecule has 86 valence electrons. The normalized spacial score (nSPS) is 16.3. The molecular formula is C13H23NO. The van der Waals surface area contributed by atoms with E-state index in [-0.39, 0.29) is 6.04 Å². The van der Waals surface area contributed by atoms with E-state index in [2.05, 4.69) is 27.7 Å². The molecule has 2 heteroatoms. The minimum Gasteiger partial charge on any atom is -0.472 e. The Morgan fingerprint density at radius 2 is 2.07 bits per heavy atom. The van der Waals surface area contributed by atoms with E-state index in [1.807, 2.05) is 6.07 Å². The molecule has 0 aliphatic carbocycles. The molecule has 0 aliphatic heterocycles. The number of rotatable bonds is 4. The van der Waals surface area contributed by atoms with Crippen molar-refractivity contribution in [1.82, 2.24) is 0 Å². The van der Waals surface area contributed by atoms with E-state index in [9.17, 15) is 0 Å². The molecule has 0 spiro atoms. The second kappa shape index (κ2) is 4.84. The molecule has 0 saturated carbocycles. The molecule has 0 amide bonds. The molecule has 1 rings (SSSR count). The molecule has 2 N–H and O–H groups in total. The number of hydrogen-bond acceptors (Lipinski definition) is 2. The SMILES string of the molecule is CC(CC(N)Cc1ccoc1)C(C)(C)C. The highest BCUT2D eigenvalue weighted by molar-refractivity contribution is 5.07. The molecule has 0 aliphatic rings. The zero-order valence-electron chi connectivity index (χ0n) is 10.3. The van der Waals surface area contributed by atoms with Crippen molar-refractivity contribution in [2.24, 2.45) is 17.1 Å². The minimum atomic E-state index is 0.233. The van der Waals surface area contributed by atoms with Crippen LogP contribution >= 0.6 is 0 Å². The van der Waals surface area contributed by atoms with Crippen molar-refractivity contribution in [3.05, 3.63) is 24.2 Å². The highest BCUT2D eigenvalue weighted by atomic mass is 16.3. The summed E-state index contributed by atoms with van der Waals surface area (Å²) in [6, 6.07) is 2.22. The van der Waals surface area contributed by atoms with Crippen LogP contribution in [-0.2, 0) is 6.42 Å². The van der Waals surface area contributed by atoms with Gasteiger partial charge in [-0.1, -0.05) is 27.7 Å². The average Bonchev–Trinajstić information content (AvgIpc) is 2.54. The van der Waals surface area contributed by atoms with Gasteiger partial charge < -0.3 is 10.2 Å². The fourth-order valence-electron chi connectivity index (χ4n) is 1.60. The molecule has 2 unspecified atom stereocenters. The highest BCUT2D eigenvalue weighted by Gasteiger charge is 2.22. The smallest absolute Gasteiger partial charge is 0.0935 e. The molecule has 1 heterocycles. The van der Waals surface area contributed by atoms with Crippen molar-refractivity contribution in [2.75, 3.05) is 0 Å². The van der Waals surface area contributed by atoms with Crippen molar-refractivity contribution in [2.45, 2.75) is 46.6 Å². The molecule has 2 atom stereocenters. The second-order valence-corrected chi connectivity index (χ2v) is 5.60. The molecule has 1 aromatic heterocycles. The Labute approximate surface area is 92.9 Å². The van der Waals surface area contributed by atoms with Crippen LogP contribution in [0.1, 0.15) is 39.7 Å². The van der Waals surface area contributed by atoms with Crippen LogP contribution in [0.15, 0.2) is 23.0 Å². The van der Waals surface area contributed by atoms with E-state index in [0.717, 1.165) is 12.8 Å². The molecule has 0 radical (unpaired) electrons. The first kappa shape index (κ1) is 12.3. The number of furan rings is 1. The number of nitrogens with two attached hydrogens (primary N) is 1. The van der Waals surface area contributed by atoms with E-state index < -0.39 is 0 Å². The highest BCUT2D eigenvalue weighted by Crippen LogP contribution is 2.29. The van der Waals surface area contributed by atoms with Crippen molar-refractivity contribution in [3.8, 4) is 0 Å². The van der Waals surface area contributed by atoms with Gasteiger partial charge in [-0.05, 0) is 35.8 Å². The molecule has 0 aromatic carbocycles. The van der Waals surface area contributed by atoms with Gasteiger partial charge in [0.2, 0.25) is 0 Å². The Morgan fingerprint density at radius 3 is 2.53 bits per heavy atom. The van der Waals surface area contributed by atoms with Crippen LogP contribution in [0.25, 0.3) is 0 Å². The third-order valence-electron chi connectivity index (χ3n) is 3.21. The van der Waals surface area contributed by atoms with Crippen LogP contribution in [0, 0.1) is 11.3 Å². The molecule has 2 nitrogen and oxygen atoms in total. The van der Waals surface area contributed by atoms with Gasteiger partial charge >= 0.3 is 0 Å². The Morgan fingerprint density at radius 1 is 1.40 bits per heavy atom. The van der Waals surface area contributed by atoms with E-state index in [4.69, 9.17) is 10.2 Å². The Bertz CT molecular complexity index is 271. The summed E-state index contributed by atoms with van der Waals surface area (Å²) in [6.45, 7) is 9.07. The van der Waals surface area contributed by atoms with E-state index in [0.29, 0.717) is 11.3 Å². The summed E-state index contributed by atoms with van der Waals surface area (Å²) < 4.78 is 5.03. The lowest BCUT2D eigenvalue weighted by Crippen LogP contribution is -2.30. The van der Waals surface area contributed by atoms with Gasteiger partial charge in [0.05, 0.1) is 12.5 Å². The molecule has 0 bridgehead atoms. The first-order chi connectivity index (χ1) is 6.89. The topological polar surface area (TPSA) is 39.2 Å². The minimum absolute atomic E-state index is 0.233. The van der Waals surface area contributed by atoms with Gasteiger partial charge in [0.15, 0.2) is 0 Å². The second-order valence-electron chi connectivity index (χ2n) is 5.60. The molecule has 15 heavy (non-hydrogen) atoms. The molecule has 0 fully saturated rings. The maximum Gasteiger partial charge on any atom is 0.0935 e. The summed E-state index contributed by atoms with van der Waals surface area (Å²) in [4.78, 5) is 0. The fourth-order valence-corrected chi connectivity index (χ4v) is 1.60. The summed E-state index contributed by atoms with van der Waals surface area (Å²) in [6.07, 6.45) is 5.46. The van der Waals surface area contributed by atoms with Crippen LogP contribution in [0.3, 0.4) is 0 Å². The molecule has 1 aromatic rings. The monoisotopic (exact) mass is 209 g/mol. The predicted molar refractivity (Wildman–Crippen MR) is 63.6 cm³/mol. The van der Waals surface area contributed by atoms with Gasteiger partial charge in [0.25, 0.3) is 0 Å². The lowest BCUT2D eigenvalue weighted by atomic mass is 9.78. The standard InChI is InChI=1S/C13H23NO/c1-10(13(2,3)4)7-12(14)8-11-5-6-15-9-11/h5-6,9-10,12H,7-8,14H2,1-4H3. The third-order valence-corrected chi connectivity index (χ3v) is 3.21. The van der Waals surface area contributed by atoms with Gasteiger partial charge in [-0.15, -0.1) is 0 Å². The van der Waals surface area contributed by atoms with Crippen molar-refractivity contribution < 1.29 is 4.42 Å². The average molecular weight is 209 g/mol. The molecular weight excluding hydrogens is 186 g/mol. The van der Waals surface area contributed by atoms with Crippen LogP contribution in [0.2, 0.25) is 0 Å². The lowest BCUT2D eigenvalue weighted by Gasteiger charge is -2.29. The summed E-state index contributed by atoms with van der Waals surface area (Å²) in [5.41, 5.74) is 7.66. The van der Waals surface area contributed by atoms with Crippen LogP contribution in [-0.4, -0.2) is 6.04 Å². The Balaban J connectivity index is 2.39. The van der Waals surface area contributed by atoms with Crippen molar-refractivity contribution in [3.63, 3.8) is 0 Å². The summed E-state index contributed by atoms with van der Waals surface area (Å²) in [5, 5.41) is 0. The summed E-state index contributed by atoms with van der Waals surface area (Å²) >= 11 is 0. The molecule has 0 saturated heterocycles. The first-order valence-electron chi connectivity index (χ1n) is 5.66. The largest absolute Gasteiger partial charge is 0.472 e. The van der Waals surface area contributed by atoms with Crippen molar-refractivity contribution >= 4 is 0 Å². The van der Waals surface area contributed by atoms with Crippen LogP contribution in [0.4, 0.5) is 0 Å². The summed E-state index contributed by atoms with van der Waals surface area (Å²) in [7, 11) is 0. The Kier molecular flexibility index (Phi) is 3.97. The van der Waals surface area contributed by atoms with Gasteiger partial charge in [-0.25, -0.2) is 0 Å². The quantitative estimate of drug-likeness (QED) is 0.827. The third kappa shape index (κ3) is 4.08. The van der Waals surface area contributed by atoms with Gasteiger partial charge in [0.1, 0.15) is 0 Å². The maximum atomic E-state index is 6.12. The van der Waals surface area contributed by atoms with Gasteiger partial charge in [0, 0.05) is 6.04 Å². The summed E-state index contributed by atoms with van der Waals surface area (Å²) in [5.74, 6) is 0.638. The van der Waals surface area contributed by atoms with Crippen molar-refractivity contribution in [1.29, 1.82) is 0 Å². The first-order valence-corrected chi connectivity index (χ1v) is 5.66. The predicted octanol–water partition coefficient (Wildman–Crippen LogP) is 3.22. The fraction of sp³-hybridized carbons (Fsp3) is 0.692. The number of hydrogen-bond donors (Lipinski definition) is 1. The Hall–Kier alpha value is -0.760. The zero-order chi connectivity index (χ0) is 11.5. The van der Waals surface area contributed by atoms with Gasteiger partial charge in [-0.3, -0.25) is 0 Å². The van der Waals surface area contributed by atoms with E-state index in [1.54, 1.807) is 12.5 Å². The maximum absolute atomic E-state index is 6.12. The van der Waals surface area contributed by atoms with Crippen LogP contribution in [0.5, 0.6) is 0 Å².